The predicted molar refractivity (Wildman–Crippen MR) is 151 cm³/mol. The number of pyridine rings is 2. The number of aromatic nitrogens is 3. The van der Waals surface area contributed by atoms with Crippen LogP contribution in [0.25, 0.3) is 5.65 Å². The quantitative estimate of drug-likeness (QED) is 0.264. The normalized spacial score (nSPS) is 16.1. The lowest BCUT2D eigenvalue weighted by molar-refractivity contribution is 0.0207. The van der Waals surface area contributed by atoms with Gasteiger partial charge in [-0.3, -0.25) is 14.4 Å². The van der Waals surface area contributed by atoms with Crippen molar-refractivity contribution in [3.05, 3.63) is 59.4 Å². The molecule has 1 aliphatic heterocycles. The van der Waals surface area contributed by atoms with Gasteiger partial charge in [-0.25, -0.2) is 14.2 Å². The van der Waals surface area contributed by atoms with Gasteiger partial charge in [-0.2, -0.15) is 10.4 Å². The average molecular weight is 548 g/mol. The van der Waals surface area contributed by atoms with Gasteiger partial charge in [-0.1, -0.05) is 0 Å². The van der Waals surface area contributed by atoms with E-state index in [0.29, 0.717) is 65.8 Å². The number of amides is 1. The molecule has 40 heavy (non-hydrogen) atoms. The molecular weight excluding hydrogens is 513 g/mol. The van der Waals surface area contributed by atoms with Crippen molar-refractivity contribution in [2.45, 2.75) is 65.1 Å². The molecule has 1 amide bonds. The lowest BCUT2D eigenvalue weighted by atomic mass is 10.0. The molecule has 11 nitrogen and oxygen atoms in total. The summed E-state index contributed by atoms with van der Waals surface area (Å²) in [7, 11) is 0. The number of nitrogens with one attached hydrogen (secondary N) is 1. The second-order valence-electron chi connectivity index (χ2n) is 10.7. The van der Waals surface area contributed by atoms with Crippen molar-refractivity contribution in [1.82, 2.24) is 19.3 Å². The smallest absolute Gasteiger partial charge is 0.410 e. The number of ether oxygens (including phenoxy) is 1. The van der Waals surface area contributed by atoms with Gasteiger partial charge in [0, 0.05) is 18.7 Å². The summed E-state index contributed by atoms with van der Waals surface area (Å²) in [4.78, 5) is 27.5. The topological polar surface area (TPSA) is 146 Å². The SMILES string of the molecule is CC(=NC1CCN(C(=O)OC(C)(C)C)CC1)/C(=N\N)c1cc(NC(C)c2ccc(F)cn2)n2c(C#N)cnc2c1. The van der Waals surface area contributed by atoms with E-state index in [1.54, 1.807) is 21.4 Å². The van der Waals surface area contributed by atoms with Crippen LogP contribution >= 0.6 is 0 Å². The van der Waals surface area contributed by atoms with Crippen molar-refractivity contribution in [2.75, 3.05) is 18.4 Å². The Morgan fingerprint density at radius 1 is 1.25 bits per heavy atom. The molecule has 12 heteroatoms. The molecule has 0 aliphatic carbocycles. The summed E-state index contributed by atoms with van der Waals surface area (Å²) in [5.74, 6) is 6.00. The number of hydrazone groups is 1. The minimum absolute atomic E-state index is 0.00190. The third-order valence-electron chi connectivity index (χ3n) is 6.52. The fourth-order valence-corrected chi connectivity index (χ4v) is 4.59. The van der Waals surface area contributed by atoms with Gasteiger partial charge < -0.3 is 20.8 Å². The van der Waals surface area contributed by atoms with E-state index in [0.717, 1.165) is 6.20 Å². The first kappa shape index (κ1) is 28.5. The highest BCUT2D eigenvalue weighted by Crippen LogP contribution is 2.24. The van der Waals surface area contributed by atoms with Crippen LogP contribution in [0.4, 0.5) is 15.0 Å². The molecule has 0 bridgehead atoms. The summed E-state index contributed by atoms with van der Waals surface area (Å²) in [6.45, 7) is 10.4. The molecule has 0 spiro atoms. The van der Waals surface area contributed by atoms with Crippen LogP contribution in [0.3, 0.4) is 0 Å². The van der Waals surface area contributed by atoms with E-state index in [-0.39, 0.29) is 18.2 Å². The summed E-state index contributed by atoms with van der Waals surface area (Å²) in [6, 6.07) is 8.41. The number of carbonyl (C=O) groups excluding carboxylic acids is 1. The molecule has 1 aliphatic rings. The number of hydrogen-bond acceptors (Lipinski definition) is 9. The van der Waals surface area contributed by atoms with Crippen LogP contribution < -0.4 is 11.2 Å². The van der Waals surface area contributed by atoms with E-state index >= 15 is 0 Å². The minimum Gasteiger partial charge on any atom is -0.444 e. The highest BCUT2D eigenvalue weighted by atomic mass is 19.1. The summed E-state index contributed by atoms with van der Waals surface area (Å²) in [5, 5.41) is 17.0. The molecule has 1 atom stereocenters. The van der Waals surface area contributed by atoms with Crippen molar-refractivity contribution in [3.63, 3.8) is 0 Å². The fourth-order valence-electron chi connectivity index (χ4n) is 4.59. The molecule has 3 N–H and O–H groups in total. The number of hydrogen-bond donors (Lipinski definition) is 2. The average Bonchev–Trinajstić information content (AvgIpc) is 3.32. The van der Waals surface area contributed by atoms with Crippen LogP contribution in [-0.2, 0) is 4.74 Å². The van der Waals surface area contributed by atoms with Crippen molar-refractivity contribution in [1.29, 1.82) is 5.26 Å². The Morgan fingerprint density at radius 2 is 1.98 bits per heavy atom. The summed E-state index contributed by atoms with van der Waals surface area (Å²) >= 11 is 0. The molecule has 0 saturated carbocycles. The number of anilines is 1. The standard InChI is InChI=1S/C28H34FN9O2/c1-17(23-7-6-20(29)15-32-23)35-25-13-19(12-24-33-16-22(14-30)38(24)25)26(36-31)18(2)34-21-8-10-37(11-9-21)27(39)40-28(3,4)5/h6-7,12-13,15-17,21,35H,8-11,31H2,1-5H3/b34-18?,36-26+. The van der Waals surface area contributed by atoms with Gasteiger partial charge in [0.15, 0.2) is 0 Å². The Morgan fingerprint density at radius 3 is 2.58 bits per heavy atom. The molecule has 210 valence electrons. The zero-order valence-electron chi connectivity index (χ0n) is 23.3. The third kappa shape index (κ3) is 6.54. The zero-order chi connectivity index (χ0) is 29.0. The second kappa shape index (κ2) is 11.7. The first-order chi connectivity index (χ1) is 19.0. The number of nitrogens with two attached hydrogens (primary N) is 1. The van der Waals surface area contributed by atoms with Gasteiger partial charge in [0.1, 0.15) is 40.4 Å². The molecule has 0 radical (unpaired) electrons. The number of imidazole rings is 1. The van der Waals surface area contributed by atoms with Crippen LogP contribution in [0, 0.1) is 17.1 Å². The molecule has 4 heterocycles. The number of nitrogens with zero attached hydrogens (tertiary/aromatic N) is 7. The fraction of sp³-hybridized carbons (Fsp3) is 0.429. The third-order valence-corrected chi connectivity index (χ3v) is 6.52. The van der Waals surface area contributed by atoms with Gasteiger partial charge in [0.05, 0.1) is 35.9 Å². The van der Waals surface area contributed by atoms with E-state index in [9.17, 15) is 14.4 Å². The number of carbonyl (C=O) groups is 1. The maximum absolute atomic E-state index is 13.4. The lowest BCUT2D eigenvalue weighted by Crippen LogP contribution is -2.42. The van der Waals surface area contributed by atoms with E-state index in [1.807, 2.05) is 40.7 Å². The first-order valence-corrected chi connectivity index (χ1v) is 13.1. The Bertz CT molecular complexity index is 1470. The van der Waals surface area contributed by atoms with Crippen LogP contribution in [-0.4, -0.2) is 61.5 Å². The summed E-state index contributed by atoms with van der Waals surface area (Å²) in [5.41, 5.74) is 2.75. The Kier molecular flexibility index (Phi) is 8.32. The van der Waals surface area contributed by atoms with Gasteiger partial charge >= 0.3 is 6.09 Å². The van der Waals surface area contributed by atoms with Gasteiger partial charge in [0.25, 0.3) is 0 Å². The Hall–Kier alpha value is -4.53. The van der Waals surface area contributed by atoms with E-state index in [1.165, 1.54) is 12.3 Å². The van der Waals surface area contributed by atoms with Crippen LogP contribution in [0.2, 0.25) is 0 Å². The minimum atomic E-state index is -0.542. The van der Waals surface area contributed by atoms with Crippen LogP contribution in [0.15, 0.2) is 46.8 Å². The monoisotopic (exact) mass is 547 g/mol. The van der Waals surface area contributed by atoms with E-state index < -0.39 is 11.4 Å². The molecule has 4 rings (SSSR count). The number of fused-ring (bicyclic) bond motifs is 1. The summed E-state index contributed by atoms with van der Waals surface area (Å²) < 4.78 is 20.6. The lowest BCUT2D eigenvalue weighted by Gasteiger charge is -2.32. The number of nitriles is 1. The zero-order valence-corrected chi connectivity index (χ0v) is 23.3. The van der Waals surface area contributed by atoms with Gasteiger partial charge in [-0.05, 0) is 71.7 Å². The van der Waals surface area contributed by atoms with E-state index in [4.69, 9.17) is 15.6 Å². The Balaban J connectivity index is 1.57. The first-order valence-electron chi connectivity index (χ1n) is 13.1. The predicted octanol–water partition coefficient (Wildman–Crippen LogP) is 4.44. The van der Waals surface area contributed by atoms with Gasteiger partial charge in [0.2, 0.25) is 0 Å². The molecule has 3 aromatic heterocycles. The van der Waals surface area contributed by atoms with Gasteiger partial charge in [-0.15, -0.1) is 0 Å². The highest BCUT2D eigenvalue weighted by Gasteiger charge is 2.27. The molecular formula is C28H34FN9O2. The van der Waals surface area contributed by atoms with Crippen molar-refractivity contribution >= 4 is 29.0 Å². The Labute approximate surface area is 232 Å². The van der Waals surface area contributed by atoms with Crippen LogP contribution in [0.1, 0.15) is 70.5 Å². The molecule has 1 unspecified atom stereocenters. The maximum atomic E-state index is 13.4. The molecule has 3 aromatic rings. The molecule has 1 fully saturated rings. The van der Waals surface area contributed by atoms with E-state index in [2.05, 4.69) is 26.5 Å². The van der Waals surface area contributed by atoms with Crippen molar-refractivity contribution in [2.24, 2.45) is 15.9 Å². The number of rotatable bonds is 6. The van der Waals surface area contributed by atoms with Crippen molar-refractivity contribution < 1.29 is 13.9 Å². The highest BCUT2D eigenvalue weighted by molar-refractivity contribution is 6.47. The number of aliphatic imine (C=N–C) groups is 1. The number of halogens is 1. The number of likely N-dealkylation sites (tertiary alicyclic amines) is 1. The molecule has 0 aromatic carbocycles. The largest absolute Gasteiger partial charge is 0.444 e. The number of piperidine rings is 1. The maximum Gasteiger partial charge on any atom is 0.410 e. The van der Waals surface area contributed by atoms with Crippen molar-refractivity contribution in [3.8, 4) is 6.07 Å². The van der Waals surface area contributed by atoms with Crippen LogP contribution in [0.5, 0.6) is 0 Å². The molecule has 1 saturated heterocycles. The summed E-state index contributed by atoms with van der Waals surface area (Å²) in [6.07, 6.45) is 3.71. The second-order valence-corrected chi connectivity index (χ2v) is 10.7.